The van der Waals surface area contributed by atoms with Gasteiger partial charge in [0.05, 0.1) is 11.5 Å². The fourth-order valence-corrected chi connectivity index (χ4v) is 4.22. The lowest BCUT2D eigenvalue weighted by Crippen LogP contribution is -2.03. The third-order valence-electron chi connectivity index (χ3n) is 4.82. The number of benzene rings is 3. The number of carbonyl (C=O) groups is 1. The summed E-state index contributed by atoms with van der Waals surface area (Å²) < 4.78 is 12.0. The highest BCUT2D eigenvalue weighted by Crippen LogP contribution is 2.38. The van der Waals surface area contributed by atoms with E-state index in [1.165, 1.54) is 23.5 Å². The molecule has 4 rings (SSSR count). The van der Waals surface area contributed by atoms with E-state index in [1.54, 1.807) is 25.3 Å². The average Bonchev–Trinajstić information content (AvgIpc) is 3.21. The van der Waals surface area contributed by atoms with Crippen molar-refractivity contribution in [3.05, 3.63) is 99.6 Å². The third-order valence-corrected chi connectivity index (χ3v) is 5.90. The summed E-state index contributed by atoms with van der Waals surface area (Å²) in [6.45, 7) is 2.38. The lowest BCUT2D eigenvalue weighted by atomic mass is 10.1. The molecule has 4 aromatic rings. The number of non-ortho nitro benzene ring substituents is 1. The number of ether oxygens (including phenoxy) is 2. The molecule has 0 unspecified atom stereocenters. The molecule has 166 valence electrons. The number of hydrogen-bond acceptors (Lipinski definition) is 7. The second kappa shape index (κ2) is 10.1. The Morgan fingerprint density at radius 2 is 1.79 bits per heavy atom. The number of thiophene rings is 1. The van der Waals surface area contributed by atoms with Crippen molar-refractivity contribution in [1.29, 1.82) is 0 Å². The number of hydrogen-bond donors (Lipinski definition) is 0. The molecule has 0 aliphatic carbocycles. The molecule has 7 nitrogen and oxygen atoms in total. The van der Waals surface area contributed by atoms with Gasteiger partial charge < -0.3 is 9.47 Å². The maximum atomic E-state index is 12.5. The van der Waals surface area contributed by atoms with E-state index in [2.05, 4.69) is 4.99 Å². The van der Waals surface area contributed by atoms with Crippen molar-refractivity contribution >= 4 is 44.3 Å². The molecule has 0 fully saturated rings. The first kappa shape index (κ1) is 22.2. The minimum absolute atomic E-state index is 0.0483. The summed E-state index contributed by atoms with van der Waals surface area (Å²) in [6, 6.07) is 21.3. The van der Waals surface area contributed by atoms with Crippen LogP contribution in [0.2, 0.25) is 0 Å². The predicted octanol–water partition coefficient (Wildman–Crippen LogP) is 6.32. The summed E-state index contributed by atoms with van der Waals surface area (Å²) in [5.41, 5.74) is 2.22. The second-order valence-corrected chi connectivity index (χ2v) is 8.07. The molecule has 0 bridgehead atoms. The van der Waals surface area contributed by atoms with Crippen LogP contribution >= 0.6 is 11.3 Å². The summed E-state index contributed by atoms with van der Waals surface area (Å²) in [5.74, 6) is 0.289. The topological polar surface area (TPSA) is 91.0 Å². The molecule has 0 saturated heterocycles. The Kier molecular flexibility index (Phi) is 6.75. The van der Waals surface area contributed by atoms with Gasteiger partial charge >= 0.3 is 5.97 Å². The number of nitro groups is 1. The third kappa shape index (κ3) is 5.24. The van der Waals surface area contributed by atoms with Gasteiger partial charge in [-0.25, -0.2) is 9.79 Å². The molecule has 0 atom stereocenters. The van der Waals surface area contributed by atoms with Crippen LogP contribution in [0.1, 0.15) is 28.4 Å². The predicted molar refractivity (Wildman–Crippen MR) is 129 cm³/mol. The van der Waals surface area contributed by atoms with E-state index in [0.29, 0.717) is 29.5 Å². The van der Waals surface area contributed by atoms with Gasteiger partial charge in [0, 0.05) is 28.4 Å². The van der Waals surface area contributed by atoms with Crippen molar-refractivity contribution in [2.24, 2.45) is 4.99 Å². The summed E-state index contributed by atoms with van der Waals surface area (Å²) in [6.07, 6.45) is 1.70. The molecule has 0 N–H and O–H groups in total. The Morgan fingerprint density at radius 1 is 1.06 bits per heavy atom. The first-order valence-electron chi connectivity index (χ1n) is 10.2. The van der Waals surface area contributed by atoms with Crippen molar-refractivity contribution in [2.75, 3.05) is 6.61 Å². The van der Waals surface area contributed by atoms with Crippen molar-refractivity contribution in [3.63, 3.8) is 0 Å². The molecular weight excluding hydrogens is 440 g/mol. The van der Waals surface area contributed by atoms with Gasteiger partial charge in [-0.15, -0.1) is 11.3 Å². The SMILES string of the molecule is CCOC(=O)c1c(N=Cc2ccc(OCc3ccc([N+](=O)[O-])cc3)cc2)sc2ccccc12. The first-order chi connectivity index (χ1) is 16.0. The summed E-state index contributed by atoms with van der Waals surface area (Å²) in [4.78, 5) is 27.4. The number of aliphatic imine (C=N–C) groups is 1. The Balaban J connectivity index is 1.46. The molecule has 0 amide bonds. The van der Waals surface area contributed by atoms with Gasteiger partial charge in [-0.1, -0.05) is 18.2 Å². The molecule has 0 aliphatic heterocycles. The monoisotopic (exact) mass is 460 g/mol. The highest BCUT2D eigenvalue weighted by atomic mass is 32.1. The molecule has 0 saturated carbocycles. The Labute approximate surface area is 194 Å². The molecule has 0 aliphatic rings. The van der Waals surface area contributed by atoms with Gasteiger partial charge in [-0.05, 0) is 60.5 Å². The molecular formula is C25H20N2O5S. The van der Waals surface area contributed by atoms with Gasteiger partial charge in [-0.2, -0.15) is 0 Å². The van der Waals surface area contributed by atoms with E-state index >= 15 is 0 Å². The molecule has 3 aromatic carbocycles. The maximum absolute atomic E-state index is 12.5. The molecule has 8 heteroatoms. The van der Waals surface area contributed by atoms with Crippen molar-refractivity contribution in [3.8, 4) is 5.75 Å². The summed E-state index contributed by atoms with van der Waals surface area (Å²) in [7, 11) is 0. The van der Waals surface area contributed by atoms with Crippen LogP contribution < -0.4 is 4.74 Å². The normalized spacial score (nSPS) is 11.1. The van der Waals surface area contributed by atoms with Crippen LogP contribution in [-0.2, 0) is 11.3 Å². The minimum Gasteiger partial charge on any atom is -0.489 e. The van der Waals surface area contributed by atoms with E-state index < -0.39 is 4.92 Å². The van der Waals surface area contributed by atoms with E-state index in [4.69, 9.17) is 9.47 Å². The zero-order valence-electron chi connectivity index (χ0n) is 17.8. The van der Waals surface area contributed by atoms with Crippen LogP contribution in [0.5, 0.6) is 5.75 Å². The molecule has 1 aromatic heterocycles. The van der Waals surface area contributed by atoms with Crippen molar-refractivity contribution in [2.45, 2.75) is 13.5 Å². The van der Waals surface area contributed by atoms with Crippen LogP contribution in [0.3, 0.4) is 0 Å². The second-order valence-electron chi connectivity index (χ2n) is 7.04. The van der Waals surface area contributed by atoms with Crippen molar-refractivity contribution in [1.82, 2.24) is 0 Å². The van der Waals surface area contributed by atoms with Gasteiger partial charge in [-0.3, -0.25) is 10.1 Å². The van der Waals surface area contributed by atoms with E-state index in [-0.39, 0.29) is 11.7 Å². The van der Waals surface area contributed by atoms with Gasteiger partial charge in [0.2, 0.25) is 0 Å². The van der Waals surface area contributed by atoms with Crippen molar-refractivity contribution < 1.29 is 19.2 Å². The van der Waals surface area contributed by atoms with Crippen LogP contribution in [0.25, 0.3) is 10.1 Å². The standard InChI is InChI=1S/C25H20N2O5S/c1-2-31-25(28)23-21-5-3-4-6-22(21)33-24(23)26-15-17-9-13-20(14-10-17)32-16-18-7-11-19(12-8-18)27(29)30/h3-15H,2,16H2,1H3. The fraction of sp³-hybridized carbons (Fsp3) is 0.120. The zero-order valence-corrected chi connectivity index (χ0v) is 18.6. The van der Waals surface area contributed by atoms with E-state index in [0.717, 1.165) is 21.2 Å². The lowest BCUT2D eigenvalue weighted by molar-refractivity contribution is -0.384. The Morgan fingerprint density at radius 3 is 2.48 bits per heavy atom. The van der Waals surface area contributed by atoms with Crippen LogP contribution in [0.4, 0.5) is 10.7 Å². The molecule has 33 heavy (non-hydrogen) atoms. The summed E-state index contributed by atoms with van der Waals surface area (Å²) >= 11 is 1.44. The fourth-order valence-electron chi connectivity index (χ4n) is 3.19. The molecule has 0 radical (unpaired) electrons. The van der Waals surface area contributed by atoms with Crippen LogP contribution in [0.15, 0.2) is 77.8 Å². The van der Waals surface area contributed by atoms with Gasteiger partial charge in [0.15, 0.2) is 0 Å². The van der Waals surface area contributed by atoms with Gasteiger partial charge in [0.25, 0.3) is 5.69 Å². The number of esters is 1. The Hall–Kier alpha value is -4.04. The first-order valence-corrected chi connectivity index (χ1v) is 11.1. The molecule has 0 spiro atoms. The quantitative estimate of drug-likeness (QED) is 0.133. The van der Waals surface area contributed by atoms with Crippen LogP contribution in [0, 0.1) is 10.1 Å². The van der Waals surface area contributed by atoms with E-state index in [1.807, 2.05) is 48.5 Å². The highest BCUT2D eigenvalue weighted by Gasteiger charge is 2.19. The number of rotatable bonds is 8. The number of carbonyl (C=O) groups excluding carboxylic acids is 1. The average molecular weight is 461 g/mol. The maximum Gasteiger partial charge on any atom is 0.341 e. The summed E-state index contributed by atoms with van der Waals surface area (Å²) in [5, 5.41) is 12.2. The van der Waals surface area contributed by atoms with Gasteiger partial charge in [0.1, 0.15) is 22.9 Å². The van der Waals surface area contributed by atoms with Crippen LogP contribution in [-0.4, -0.2) is 23.7 Å². The minimum atomic E-state index is -0.431. The molecule has 1 heterocycles. The number of nitrogens with zero attached hydrogens (tertiary/aromatic N) is 2. The van der Waals surface area contributed by atoms with E-state index in [9.17, 15) is 14.9 Å². The largest absolute Gasteiger partial charge is 0.489 e. The highest BCUT2D eigenvalue weighted by molar-refractivity contribution is 7.23. The Bertz CT molecular complexity index is 1310. The smallest absolute Gasteiger partial charge is 0.341 e. The lowest BCUT2D eigenvalue weighted by Gasteiger charge is -2.06. The number of fused-ring (bicyclic) bond motifs is 1. The number of nitro benzene ring substituents is 1. The zero-order chi connectivity index (χ0) is 23.2.